The number of hydrogen-bond acceptors (Lipinski definition) is 4. The Morgan fingerprint density at radius 1 is 1.60 bits per heavy atom. The molecule has 1 aliphatic heterocycles. The van der Waals surface area contributed by atoms with Crippen molar-refractivity contribution in [1.29, 1.82) is 0 Å². The highest BCUT2D eigenvalue weighted by molar-refractivity contribution is 7.99. The van der Waals surface area contributed by atoms with Crippen LogP contribution in [-0.4, -0.2) is 34.0 Å². The summed E-state index contributed by atoms with van der Waals surface area (Å²) in [5.41, 5.74) is 1.47. The molecule has 2 atom stereocenters. The molecule has 0 radical (unpaired) electrons. The number of anilines is 1. The van der Waals surface area contributed by atoms with Gasteiger partial charge >= 0.3 is 0 Å². The third kappa shape index (κ3) is 4.93. The Morgan fingerprint density at radius 3 is 2.95 bits per heavy atom. The number of amides is 1. The topological polar surface area (TPSA) is 58.2 Å². The van der Waals surface area contributed by atoms with Crippen molar-refractivity contribution in [3.8, 4) is 0 Å². The molecule has 1 fully saturated rings. The van der Waals surface area contributed by atoms with E-state index < -0.39 is 10.8 Å². The van der Waals surface area contributed by atoms with Gasteiger partial charge < -0.3 is 5.32 Å². The summed E-state index contributed by atoms with van der Waals surface area (Å²) in [6.45, 7) is 0. The van der Waals surface area contributed by atoms with E-state index in [1.54, 1.807) is 36.2 Å². The molecule has 1 aliphatic rings. The molecule has 1 aromatic carbocycles. The van der Waals surface area contributed by atoms with E-state index in [0.717, 1.165) is 17.2 Å². The third-order valence-corrected chi connectivity index (χ3v) is 4.73. The fourth-order valence-corrected chi connectivity index (χ4v) is 3.66. The van der Waals surface area contributed by atoms with Crippen LogP contribution in [-0.2, 0) is 21.3 Å². The maximum atomic E-state index is 12.0. The molecule has 0 saturated carbocycles. The first-order valence-electron chi connectivity index (χ1n) is 5.76. The number of carbonyl (C=O) groups excluding carboxylic acids is 1. The molecule has 112 valence electrons. The van der Waals surface area contributed by atoms with E-state index in [1.807, 2.05) is 0 Å². The molecule has 8 heteroatoms. The Balaban J connectivity index is 0.00000200. The Bertz CT molecular complexity index is 508. The van der Waals surface area contributed by atoms with Crippen molar-refractivity contribution < 1.29 is 9.00 Å². The second-order valence-corrected chi connectivity index (χ2v) is 7.16. The van der Waals surface area contributed by atoms with Gasteiger partial charge in [-0.3, -0.25) is 14.3 Å². The highest BCUT2D eigenvalue weighted by Crippen LogP contribution is 2.22. The second-order valence-electron chi connectivity index (χ2n) is 4.28. The summed E-state index contributed by atoms with van der Waals surface area (Å²) in [7, 11) is -0.963. The van der Waals surface area contributed by atoms with Crippen LogP contribution in [0.5, 0.6) is 0 Å². The lowest BCUT2D eigenvalue weighted by molar-refractivity contribution is -0.117. The molecule has 1 heterocycles. The fraction of sp³-hybridized carbons (Fsp3) is 0.417. The molecular weight excluding hydrogens is 339 g/mol. The summed E-state index contributed by atoms with van der Waals surface area (Å²) in [4.78, 5) is 12.0. The van der Waals surface area contributed by atoms with Crippen molar-refractivity contribution in [2.24, 2.45) is 0 Å². The average molecular weight is 355 g/mol. The molecule has 1 amide bonds. The minimum atomic E-state index is -0.963. The third-order valence-electron chi connectivity index (χ3n) is 2.70. The number of carbonyl (C=O) groups is 1. The van der Waals surface area contributed by atoms with Crippen molar-refractivity contribution in [2.75, 3.05) is 23.2 Å². The molecule has 0 spiro atoms. The Hall–Kier alpha value is -0.270. The van der Waals surface area contributed by atoms with E-state index in [2.05, 4.69) is 10.6 Å². The van der Waals surface area contributed by atoms with Crippen LogP contribution in [0.2, 0.25) is 5.02 Å². The van der Waals surface area contributed by atoms with Gasteiger partial charge in [-0.15, -0.1) is 24.2 Å². The highest BCUT2D eigenvalue weighted by atomic mass is 35.5. The van der Waals surface area contributed by atoms with Crippen molar-refractivity contribution in [1.82, 2.24) is 5.32 Å². The Morgan fingerprint density at radius 2 is 2.35 bits per heavy atom. The van der Waals surface area contributed by atoms with E-state index in [-0.39, 0.29) is 24.4 Å². The minimum absolute atomic E-state index is 0. The van der Waals surface area contributed by atoms with Crippen LogP contribution in [0.4, 0.5) is 5.69 Å². The Labute approximate surface area is 136 Å². The molecule has 4 nitrogen and oxygen atoms in total. The first-order valence-corrected chi connectivity index (χ1v) is 9.02. The van der Waals surface area contributed by atoms with Gasteiger partial charge in [-0.1, -0.05) is 11.6 Å². The molecule has 2 N–H and O–H groups in total. The number of benzene rings is 1. The number of hydrogen-bond donors (Lipinski definition) is 2. The van der Waals surface area contributed by atoms with Gasteiger partial charge in [-0.25, -0.2) is 0 Å². The van der Waals surface area contributed by atoms with Gasteiger partial charge in [0.05, 0.1) is 6.04 Å². The van der Waals surface area contributed by atoms with Crippen LogP contribution >= 0.6 is 35.8 Å². The van der Waals surface area contributed by atoms with Crippen LogP contribution in [0.15, 0.2) is 18.2 Å². The van der Waals surface area contributed by atoms with E-state index in [4.69, 9.17) is 11.6 Å². The summed E-state index contributed by atoms with van der Waals surface area (Å²) in [6.07, 6.45) is 1.63. The van der Waals surface area contributed by atoms with Gasteiger partial charge in [-0.05, 0) is 23.8 Å². The number of halogens is 2. The first kappa shape index (κ1) is 17.8. The van der Waals surface area contributed by atoms with Crippen LogP contribution < -0.4 is 10.6 Å². The number of nitrogens with one attached hydrogen (secondary N) is 2. The zero-order valence-corrected chi connectivity index (χ0v) is 14.1. The fourth-order valence-electron chi connectivity index (χ4n) is 1.78. The summed E-state index contributed by atoms with van der Waals surface area (Å²) >= 11 is 7.74. The molecular formula is C12H16Cl2N2O2S2. The number of thioether (sulfide) groups is 1. The zero-order chi connectivity index (χ0) is 13.8. The molecule has 1 saturated heterocycles. The lowest BCUT2D eigenvalue weighted by Gasteiger charge is -2.12. The molecule has 1 aromatic rings. The minimum Gasteiger partial charge on any atom is -0.325 e. The van der Waals surface area contributed by atoms with E-state index >= 15 is 0 Å². The maximum Gasteiger partial charge on any atom is 0.242 e. The van der Waals surface area contributed by atoms with Gasteiger partial charge in [0, 0.05) is 45.1 Å². The summed E-state index contributed by atoms with van der Waals surface area (Å²) in [5.74, 6) is 1.93. The normalized spacial score (nSPS) is 19.2. The lowest BCUT2D eigenvalue weighted by atomic mass is 10.2. The zero-order valence-electron chi connectivity index (χ0n) is 10.8. The van der Waals surface area contributed by atoms with Gasteiger partial charge in [0.2, 0.25) is 5.91 Å². The molecule has 0 aliphatic carbocycles. The van der Waals surface area contributed by atoms with Crippen molar-refractivity contribution in [3.05, 3.63) is 28.8 Å². The monoisotopic (exact) mass is 354 g/mol. The molecule has 20 heavy (non-hydrogen) atoms. The van der Waals surface area contributed by atoms with Crippen LogP contribution in [0.3, 0.4) is 0 Å². The van der Waals surface area contributed by atoms with Crippen LogP contribution in [0.1, 0.15) is 5.56 Å². The van der Waals surface area contributed by atoms with Crippen molar-refractivity contribution in [2.45, 2.75) is 11.8 Å². The van der Waals surface area contributed by atoms with Crippen molar-refractivity contribution >= 4 is 58.2 Å². The van der Waals surface area contributed by atoms with Gasteiger partial charge in [0.25, 0.3) is 0 Å². The largest absolute Gasteiger partial charge is 0.325 e. The predicted molar refractivity (Wildman–Crippen MR) is 89.3 cm³/mol. The first-order chi connectivity index (χ1) is 9.06. The summed E-state index contributed by atoms with van der Waals surface area (Å²) in [5, 5.41) is 6.54. The second kappa shape index (κ2) is 8.24. The quantitative estimate of drug-likeness (QED) is 0.870. The van der Waals surface area contributed by atoms with E-state index in [1.165, 1.54) is 0 Å². The van der Waals surface area contributed by atoms with E-state index in [9.17, 15) is 9.00 Å². The standard InChI is InChI=1S/C12H15ClN2O2S2.ClH/c1-19(17)6-8-4-9(2-3-10(8)13)15-12(16)11-5-18-7-14-11;/h2-4,11,14H,5-7H2,1H3,(H,15,16);1H. The highest BCUT2D eigenvalue weighted by Gasteiger charge is 2.22. The van der Waals surface area contributed by atoms with Gasteiger partial charge in [0.1, 0.15) is 0 Å². The van der Waals surface area contributed by atoms with Crippen LogP contribution in [0, 0.1) is 0 Å². The lowest BCUT2D eigenvalue weighted by Crippen LogP contribution is -2.37. The van der Waals surface area contributed by atoms with Crippen molar-refractivity contribution in [3.63, 3.8) is 0 Å². The Kier molecular flexibility index (Phi) is 7.33. The summed E-state index contributed by atoms with van der Waals surface area (Å²) < 4.78 is 11.3. The van der Waals surface area contributed by atoms with E-state index in [0.29, 0.717) is 16.5 Å². The van der Waals surface area contributed by atoms with Gasteiger partial charge in [-0.2, -0.15) is 0 Å². The smallest absolute Gasteiger partial charge is 0.242 e. The molecule has 2 rings (SSSR count). The van der Waals surface area contributed by atoms with Crippen LogP contribution in [0.25, 0.3) is 0 Å². The molecule has 0 aromatic heterocycles. The SMILES string of the molecule is CS(=O)Cc1cc(NC(=O)C2CSCN2)ccc1Cl.Cl. The maximum absolute atomic E-state index is 12.0. The summed E-state index contributed by atoms with van der Waals surface area (Å²) in [6, 6.07) is 5.11. The number of rotatable bonds is 4. The molecule has 0 bridgehead atoms. The van der Waals surface area contributed by atoms with Gasteiger partial charge in [0.15, 0.2) is 0 Å². The predicted octanol–water partition coefficient (Wildman–Crippen LogP) is 2.24. The average Bonchev–Trinajstić information content (AvgIpc) is 2.86. The molecule has 2 unspecified atom stereocenters.